The Morgan fingerprint density at radius 1 is 0.940 bits per heavy atom. The lowest BCUT2D eigenvalue weighted by atomic mass is 9.33. The van der Waals surface area contributed by atoms with Crippen molar-refractivity contribution in [1.29, 1.82) is 0 Å². The van der Waals surface area contributed by atoms with Gasteiger partial charge >= 0.3 is 11.9 Å². The maximum absolute atomic E-state index is 13.9. The first-order valence-electron chi connectivity index (χ1n) is 19.4. The van der Waals surface area contributed by atoms with Gasteiger partial charge in [-0.3, -0.25) is 24.1 Å². The summed E-state index contributed by atoms with van der Waals surface area (Å²) in [6, 6.07) is -0.118. The Kier molecular flexibility index (Phi) is 10.1. The minimum Gasteiger partial charge on any atom is -0.481 e. The van der Waals surface area contributed by atoms with Crippen molar-refractivity contribution in [3.8, 4) is 0 Å². The molecule has 2 N–H and O–H groups in total. The third-order valence-electron chi connectivity index (χ3n) is 16.0. The molecule has 4 saturated carbocycles. The van der Waals surface area contributed by atoms with E-state index in [1.165, 1.54) is 5.57 Å². The standard InChI is InChI=1S/C41H64N2O6.ClH/c1-24(2)32-27(44)22-41(42-34(46)26-12-11-21-43(26)10)20-19-39(8)25(33(32)41)13-14-29-38(7)17-16-30(49-31(45)23-36(3,4)35(47)48)37(5,6)28(38)15-18-40(29,39)9;/h24-26,28-30H,11-23H2,1-10H3,(H,42,46)(H,47,48);1H/t25-,26-,28+,29-,30+,38+,39-,40-,41-;/m1./s1. The van der Waals surface area contributed by atoms with Crippen molar-refractivity contribution in [3.63, 3.8) is 0 Å². The van der Waals surface area contributed by atoms with Gasteiger partial charge in [-0.25, -0.2) is 0 Å². The number of likely N-dealkylation sites (N-methyl/N-ethyl adjacent to an activating group) is 1. The molecule has 1 heterocycles. The van der Waals surface area contributed by atoms with E-state index in [1.54, 1.807) is 13.8 Å². The van der Waals surface area contributed by atoms with Gasteiger partial charge in [-0.1, -0.05) is 48.5 Å². The smallest absolute Gasteiger partial charge is 0.309 e. The van der Waals surface area contributed by atoms with Gasteiger partial charge < -0.3 is 15.2 Å². The van der Waals surface area contributed by atoms with Gasteiger partial charge in [0, 0.05) is 11.8 Å². The first kappa shape index (κ1) is 39.3. The minimum absolute atomic E-state index is 0. The summed E-state index contributed by atoms with van der Waals surface area (Å²) in [5, 5.41) is 13.2. The van der Waals surface area contributed by atoms with Gasteiger partial charge in [0.1, 0.15) is 6.10 Å². The molecular weight excluding hydrogens is 652 g/mol. The number of hydrogen-bond donors (Lipinski definition) is 2. The zero-order valence-electron chi connectivity index (χ0n) is 32.5. The average molecular weight is 717 g/mol. The number of allylic oxidation sites excluding steroid dienone is 1. The summed E-state index contributed by atoms with van der Waals surface area (Å²) < 4.78 is 6.15. The number of likely N-dealkylation sites (tertiary alicyclic amines) is 1. The van der Waals surface area contributed by atoms with Crippen molar-refractivity contribution in [2.45, 2.75) is 157 Å². The first-order valence-corrected chi connectivity index (χ1v) is 19.4. The number of fused-ring (bicyclic) bond motifs is 7. The SMILES string of the molecule is CC(C)C1=C2[C@H]3CC[C@@H]4[C@@]5(C)CC[C@H](OC(=O)CC(C)(C)C(=O)O)C(C)(C)[C@@H]5CC[C@@]4(C)[C@]3(C)CC[C@@]2(NC(=O)[C@H]2CCCN2C)CC1=O.Cl. The average Bonchev–Trinajstić information content (AvgIpc) is 3.54. The third-order valence-corrected chi connectivity index (χ3v) is 16.0. The maximum Gasteiger partial charge on any atom is 0.309 e. The molecule has 1 aliphatic heterocycles. The topological polar surface area (TPSA) is 113 Å². The summed E-state index contributed by atoms with van der Waals surface area (Å²) >= 11 is 0. The monoisotopic (exact) mass is 716 g/mol. The van der Waals surface area contributed by atoms with E-state index in [4.69, 9.17) is 4.74 Å². The number of carbonyl (C=O) groups is 4. The van der Waals surface area contributed by atoms with Gasteiger partial charge in [-0.2, -0.15) is 0 Å². The van der Waals surface area contributed by atoms with Crippen LogP contribution in [0, 0.1) is 50.7 Å². The molecule has 5 fully saturated rings. The molecule has 0 spiro atoms. The molecule has 6 aliphatic rings. The van der Waals surface area contributed by atoms with E-state index < -0.39 is 22.9 Å². The fraction of sp³-hybridized carbons (Fsp3) is 0.854. The maximum atomic E-state index is 13.9. The number of halogens is 1. The number of carbonyl (C=O) groups excluding carboxylic acids is 3. The number of Topliss-reactive ketones (excluding diaryl/α,β-unsaturated/α-hetero) is 1. The summed E-state index contributed by atoms with van der Waals surface area (Å²) in [7, 11) is 2.04. The van der Waals surface area contributed by atoms with Crippen LogP contribution < -0.4 is 5.32 Å². The van der Waals surface area contributed by atoms with Crippen molar-refractivity contribution in [2.24, 2.45) is 50.7 Å². The molecule has 0 radical (unpaired) electrons. The normalized spacial score (nSPS) is 41.0. The number of carboxylic acid groups (broad SMARTS) is 1. The van der Waals surface area contributed by atoms with E-state index in [1.807, 2.05) is 7.05 Å². The molecule has 50 heavy (non-hydrogen) atoms. The molecule has 1 saturated heterocycles. The van der Waals surface area contributed by atoms with Crippen molar-refractivity contribution >= 4 is 36.0 Å². The lowest BCUT2D eigenvalue weighted by Gasteiger charge is -2.72. The number of rotatable bonds is 7. The highest BCUT2D eigenvalue weighted by molar-refractivity contribution is 6.02. The minimum atomic E-state index is -1.16. The molecule has 8 nitrogen and oxygen atoms in total. The number of carboxylic acids is 1. The number of ketones is 1. The molecule has 0 bridgehead atoms. The molecule has 6 rings (SSSR count). The zero-order valence-corrected chi connectivity index (χ0v) is 33.3. The summed E-state index contributed by atoms with van der Waals surface area (Å²) in [5.74, 6) is 0.180. The van der Waals surface area contributed by atoms with Crippen LogP contribution in [-0.4, -0.2) is 64.9 Å². The van der Waals surface area contributed by atoms with E-state index in [2.05, 4.69) is 58.7 Å². The van der Waals surface area contributed by atoms with Crippen LogP contribution in [0.3, 0.4) is 0 Å². The van der Waals surface area contributed by atoms with Crippen molar-refractivity contribution in [1.82, 2.24) is 10.2 Å². The molecule has 0 aromatic heterocycles. The van der Waals surface area contributed by atoms with Gasteiger partial charge in [-0.15, -0.1) is 12.4 Å². The quantitative estimate of drug-likeness (QED) is 0.259. The van der Waals surface area contributed by atoms with Gasteiger partial charge in [-0.05, 0) is 143 Å². The molecular formula is C41H65ClN2O6. The summed E-state index contributed by atoms with van der Waals surface area (Å²) in [6.45, 7) is 20.6. The van der Waals surface area contributed by atoms with Crippen LogP contribution in [0.25, 0.3) is 0 Å². The predicted octanol–water partition coefficient (Wildman–Crippen LogP) is 7.76. The number of aliphatic carboxylic acids is 1. The predicted molar refractivity (Wildman–Crippen MR) is 197 cm³/mol. The number of amides is 1. The molecule has 1 amide bonds. The fourth-order valence-corrected chi connectivity index (χ4v) is 13.1. The molecule has 9 atom stereocenters. The van der Waals surface area contributed by atoms with Crippen LogP contribution in [0.2, 0.25) is 0 Å². The highest BCUT2D eigenvalue weighted by atomic mass is 35.5. The Morgan fingerprint density at radius 2 is 1.62 bits per heavy atom. The van der Waals surface area contributed by atoms with Gasteiger partial charge in [0.15, 0.2) is 5.78 Å². The van der Waals surface area contributed by atoms with E-state index in [0.717, 1.165) is 76.3 Å². The number of nitrogens with zero attached hydrogens (tertiary/aromatic N) is 1. The van der Waals surface area contributed by atoms with Gasteiger partial charge in [0.2, 0.25) is 5.91 Å². The second kappa shape index (κ2) is 12.9. The number of hydrogen-bond acceptors (Lipinski definition) is 6. The molecule has 282 valence electrons. The molecule has 5 aliphatic carbocycles. The van der Waals surface area contributed by atoms with Crippen molar-refractivity contribution in [2.75, 3.05) is 13.6 Å². The summed E-state index contributed by atoms with van der Waals surface area (Å²) in [6.07, 6.45) is 9.79. The highest BCUT2D eigenvalue weighted by Crippen LogP contribution is 2.76. The zero-order chi connectivity index (χ0) is 36.1. The van der Waals surface area contributed by atoms with E-state index in [9.17, 15) is 24.3 Å². The van der Waals surface area contributed by atoms with Gasteiger partial charge in [0.25, 0.3) is 0 Å². The lowest BCUT2D eigenvalue weighted by molar-refractivity contribution is -0.232. The second-order valence-corrected chi connectivity index (χ2v) is 19.6. The largest absolute Gasteiger partial charge is 0.481 e. The Balaban J connectivity index is 0.00000486. The Hall–Kier alpha value is -1.93. The number of nitrogens with one attached hydrogen (secondary N) is 1. The fourth-order valence-electron chi connectivity index (χ4n) is 13.1. The van der Waals surface area contributed by atoms with Crippen LogP contribution in [-0.2, 0) is 23.9 Å². The molecule has 9 heteroatoms. The van der Waals surface area contributed by atoms with Crippen LogP contribution in [0.4, 0.5) is 0 Å². The number of esters is 1. The number of ether oxygens (including phenoxy) is 1. The Labute approximate surface area is 307 Å². The van der Waals surface area contributed by atoms with E-state index in [0.29, 0.717) is 18.3 Å². The molecule has 0 aromatic rings. The van der Waals surface area contributed by atoms with E-state index >= 15 is 0 Å². The van der Waals surface area contributed by atoms with Crippen LogP contribution >= 0.6 is 12.4 Å². The van der Waals surface area contributed by atoms with Gasteiger partial charge in [0.05, 0.1) is 23.4 Å². The lowest BCUT2D eigenvalue weighted by Crippen LogP contribution is -2.67. The summed E-state index contributed by atoms with van der Waals surface area (Å²) in [4.78, 5) is 54.8. The molecule has 0 unspecified atom stereocenters. The first-order chi connectivity index (χ1) is 22.6. The Bertz CT molecular complexity index is 1450. The van der Waals surface area contributed by atoms with Crippen LogP contribution in [0.1, 0.15) is 139 Å². The Morgan fingerprint density at radius 3 is 2.22 bits per heavy atom. The third kappa shape index (κ3) is 5.71. The van der Waals surface area contributed by atoms with E-state index in [-0.39, 0.29) is 76.2 Å². The van der Waals surface area contributed by atoms with Crippen molar-refractivity contribution < 1.29 is 29.0 Å². The highest BCUT2D eigenvalue weighted by Gasteiger charge is 2.70. The molecule has 0 aromatic carbocycles. The van der Waals surface area contributed by atoms with Crippen LogP contribution in [0.15, 0.2) is 11.1 Å². The van der Waals surface area contributed by atoms with Crippen molar-refractivity contribution in [3.05, 3.63) is 11.1 Å². The second-order valence-electron chi connectivity index (χ2n) is 19.6. The summed E-state index contributed by atoms with van der Waals surface area (Å²) in [5.41, 5.74) is 0.449. The van der Waals surface area contributed by atoms with Crippen LogP contribution in [0.5, 0.6) is 0 Å².